The molecule has 1 N–H and O–H groups in total. The zero-order chi connectivity index (χ0) is 11.8. The van der Waals surface area contributed by atoms with Crippen molar-refractivity contribution in [3.05, 3.63) is 17.2 Å². The highest BCUT2D eigenvalue weighted by atomic mass is 35.7. The third-order valence-corrected chi connectivity index (χ3v) is 3.64. The molecule has 1 rings (SSSR count). The SMILES string of the molecule is COc1cc(C)c(C)c(S(=O)(=O)Cl)c1O. The number of aromatic hydroxyl groups is 1. The number of hydrogen-bond acceptors (Lipinski definition) is 4. The van der Waals surface area contributed by atoms with E-state index in [4.69, 9.17) is 15.4 Å². The molecular formula is C9H11ClO4S. The first-order chi connectivity index (χ1) is 6.79. The van der Waals surface area contributed by atoms with Crippen LogP contribution in [0.25, 0.3) is 0 Å². The van der Waals surface area contributed by atoms with Crippen molar-refractivity contribution in [2.75, 3.05) is 7.11 Å². The molecule has 15 heavy (non-hydrogen) atoms. The topological polar surface area (TPSA) is 63.6 Å². The minimum absolute atomic E-state index is 0.0947. The number of methoxy groups -OCH3 is 1. The summed E-state index contributed by atoms with van der Waals surface area (Å²) >= 11 is 0. The first-order valence-corrected chi connectivity index (χ1v) is 6.41. The van der Waals surface area contributed by atoms with Crippen molar-refractivity contribution in [1.82, 2.24) is 0 Å². The van der Waals surface area contributed by atoms with E-state index < -0.39 is 14.8 Å². The Balaban J connectivity index is 3.70. The average Bonchev–Trinajstić information content (AvgIpc) is 2.09. The first-order valence-electron chi connectivity index (χ1n) is 4.11. The molecule has 0 radical (unpaired) electrons. The highest BCUT2D eigenvalue weighted by Gasteiger charge is 2.23. The summed E-state index contributed by atoms with van der Waals surface area (Å²) in [7, 11) is 2.59. The van der Waals surface area contributed by atoms with Crippen molar-refractivity contribution < 1.29 is 18.3 Å². The van der Waals surface area contributed by atoms with Crippen LogP contribution in [0.15, 0.2) is 11.0 Å². The van der Waals surface area contributed by atoms with Gasteiger partial charge in [0.15, 0.2) is 11.5 Å². The average molecular weight is 251 g/mol. The van der Waals surface area contributed by atoms with Crippen LogP contribution >= 0.6 is 10.7 Å². The molecule has 1 aromatic carbocycles. The second-order valence-electron chi connectivity index (χ2n) is 3.14. The lowest BCUT2D eigenvalue weighted by atomic mass is 10.1. The Bertz CT molecular complexity index is 493. The molecule has 0 aliphatic carbocycles. The number of phenols is 1. The van der Waals surface area contributed by atoms with Gasteiger partial charge in [0.25, 0.3) is 9.05 Å². The maximum atomic E-state index is 11.2. The molecule has 0 saturated heterocycles. The van der Waals surface area contributed by atoms with Crippen LogP contribution in [0, 0.1) is 13.8 Å². The monoisotopic (exact) mass is 250 g/mol. The molecular weight excluding hydrogens is 240 g/mol. The molecule has 0 heterocycles. The normalized spacial score (nSPS) is 11.5. The molecule has 1 aromatic rings. The lowest BCUT2D eigenvalue weighted by Gasteiger charge is -2.11. The van der Waals surface area contributed by atoms with Crippen molar-refractivity contribution in [1.29, 1.82) is 0 Å². The Kier molecular flexibility index (Phi) is 3.16. The summed E-state index contributed by atoms with van der Waals surface area (Å²) in [5.74, 6) is -0.354. The van der Waals surface area contributed by atoms with E-state index in [1.54, 1.807) is 19.9 Å². The summed E-state index contributed by atoms with van der Waals surface area (Å²) in [5, 5.41) is 9.64. The van der Waals surface area contributed by atoms with E-state index in [9.17, 15) is 13.5 Å². The molecule has 84 valence electrons. The smallest absolute Gasteiger partial charge is 0.265 e. The number of halogens is 1. The summed E-state index contributed by atoms with van der Waals surface area (Å²) < 4.78 is 27.3. The number of hydrogen-bond donors (Lipinski definition) is 1. The van der Waals surface area contributed by atoms with Crippen molar-refractivity contribution in [2.24, 2.45) is 0 Å². The Morgan fingerprint density at radius 2 is 1.93 bits per heavy atom. The van der Waals surface area contributed by atoms with Crippen molar-refractivity contribution in [3.63, 3.8) is 0 Å². The summed E-state index contributed by atoms with van der Waals surface area (Å²) in [6, 6.07) is 1.55. The highest BCUT2D eigenvalue weighted by Crippen LogP contribution is 2.38. The largest absolute Gasteiger partial charge is 0.503 e. The summed E-state index contributed by atoms with van der Waals surface area (Å²) in [5.41, 5.74) is 1.10. The molecule has 0 unspecified atom stereocenters. The number of rotatable bonds is 2. The third-order valence-electron chi connectivity index (χ3n) is 2.19. The lowest BCUT2D eigenvalue weighted by molar-refractivity contribution is 0.365. The molecule has 0 atom stereocenters. The minimum Gasteiger partial charge on any atom is -0.503 e. The van der Waals surface area contributed by atoms with Gasteiger partial charge in [0.05, 0.1) is 7.11 Å². The van der Waals surface area contributed by atoms with Gasteiger partial charge in [-0.05, 0) is 31.0 Å². The van der Waals surface area contributed by atoms with E-state index in [2.05, 4.69) is 0 Å². The molecule has 0 aliphatic heterocycles. The van der Waals surface area contributed by atoms with Crippen LogP contribution in [0.3, 0.4) is 0 Å². The second kappa shape index (κ2) is 3.90. The molecule has 0 aliphatic rings. The van der Waals surface area contributed by atoms with Gasteiger partial charge in [-0.2, -0.15) is 0 Å². The molecule has 0 amide bonds. The van der Waals surface area contributed by atoms with Gasteiger partial charge in [-0.3, -0.25) is 0 Å². The highest BCUT2D eigenvalue weighted by molar-refractivity contribution is 8.13. The van der Waals surface area contributed by atoms with E-state index in [0.29, 0.717) is 11.1 Å². The summed E-state index contributed by atoms with van der Waals surface area (Å²) in [4.78, 5) is -0.291. The number of aryl methyl sites for hydroxylation is 1. The summed E-state index contributed by atoms with van der Waals surface area (Å²) in [6.07, 6.45) is 0. The van der Waals surface area contributed by atoms with Gasteiger partial charge in [-0.15, -0.1) is 0 Å². The molecule has 0 bridgehead atoms. The fourth-order valence-corrected chi connectivity index (χ4v) is 2.72. The Morgan fingerprint density at radius 3 is 2.33 bits per heavy atom. The van der Waals surface area contributed by atoms with Crippen molar-refractivity contribution >= 4 is 19.7 Å². The van der Waals surface area contributed by atoms with E-state index in [0.717, 1.165) is 0 Å². The number of benzene rings is 1. The molecule has 0 aromatic heterocycles. The van der Waals surface area contributed by atoms with Crippen LogP contribution in [-0.4, -0.2) is 20.6 Å². The fraction of sp³-hybridized carbons (Fsp3) is 0.333. The first kappa shape index (κ1) is 12.1. The van der Waals surface area contributed by atoms with Crippen LogP contribution in [-0.2, 0) is 9.05 Å². The van der Waals surface area contributed by atoms with Gasteiger partial charge in [-0.1, -0.05) is 0 Å². The van der Waals surface area contributed by atoms with Crippen LogP contribution in [0.2, 0.25) is 0 Å². The standard InChI is InChI=1S/C9H11ClO4S/c1-5-4-7(14-3)8(11)9(6(5)2)15(10,12)13/h4,11H,1-3H3. The van der Waals surface area contributed by atoms with E-state index in [1.165, 1.54) is 7.11 Å². The maximum absolute atomic E-state index is 11.2. The predicted octanol–water partition coefficient (Wildman–Crippen LogP) is 1.95. The van der Waals surface area contributed by atoms with E-state index >= 15 is 0 Å². The second-order valence-corrected chi connectivity index (χ2v) is 5.64. The van der Waals surface area contributed by atoms with Crippen LogP contribution < -0.4 is 4.74 Å². The minimum atomic E-state index is -3.98. The molecule has 4 nitrogen and oxygen atoms in total. The summed E-state index contributed by atoms with van der Waals surface area (Å²) in [6.45, 7) is 3.28. The molecule has 6 heteroatoms. The van der Waals surface area contributed by atoms with Crippen molar-refractivity contribution in [2.45, 2.75) is 18.7 Å². The lowest BCUT2D eigenvalue weighted by Crippen LogP contribution is -1.99. The Hall–Kier alpha value is -0.940. The Labute approximate surface area is 92.9 Å². The van der Waals surface area contributed by atoms with Gasteiger partial charge in [0.2, 0.25) is 0 Å². The van der Waals surface area contributed by atoms with Crippen LogP contribution in [0.5, 0.6) is 11.5 Å². The van der Waals surface area contributed by atoms with Crippen LogP contribution in [0.1, 0.15) is 11.1 Å². The maximum Gasteiger partial charge on any atom is 0.265 e. The van der Waals surface area contributed by atoms with Gasteiger partial charge < -0.3 is 9.84 Å². The Morgan fingerprint density at radius 1 is 1.40 bits per heavy atom. The quantitative estimate of drug-likeness (QED) is 0.815. The third kappa shape index (κ3) is 2.18. The van der Waals surface area contributed by atoms with Crippen LogP contribution in [0.4, 0.5) is 0 Å². The van der Waals surface area contributed by atoms with E-state index in [1.807, 2.05) is 0 Å². The molecule has 0 saturated carbocycles. The number of ether oxygens (including phenoxy) is 1. The van der Waals surface area contributed by atoms with E-state index in [-0.39, 0.29) is 10.6 Å². The number of phenolic OH excluding ortho intramolecular Hbond substituents is 1. The van der Waals surface area contributed by atoms with Crippen molar-refractivity contribution in [3.8, 4) is 11.5 Å². The van der Waals surface area contributed by atoms with Gasteiger partial charge in [0, 0.05) is 10.7 Å². The van der Waals surface area contributed by atoms with Gasteiger partial charge in [-0.25, -0.2) is 8.42 Å². The zero-order valence-electron chi connectivity index (χ0n) is 8.54. The predicted molar refractivity (Wildman–Crippen MR) is 57.2 cm³/mol. The van der Waals surface area contributed by atoms with Gasteiger partial charge in [0.1, 0.15) is 4.90 Å². The zero-order valence-corrected chi connectivity index (χ0v) is 10.1. The molecule has 0 spiro atoms. The van der Waals surface area contributed by atoms with Gasteiger partial charge >= 0.3 is 0 Å². The fourth-order valence-electron chi connectivity index (χ4n) is 1.30. The molecule has 0 fully saturated rings.